The van der Waals surface area contributed by atoms with Gasteiger partial charge in [0.15, 0.2) is 11.5 Å². The number of anilines is 2. The minimum absolute atomic E-state index is 0.0757. The molecule has 2 N–H and O–H groups in total. The minimum atomic E-state index is -1.61. The number of nitrogens with zero attached hydrogens (tertiary/aromatic N) is 2. The van der Waals surface area contributed by atoms with Gasteiger partial charge < -0.3 is 14.6 Å². The number of hydrazine groups is 1. The third-order valence-corrected chi connectivity index (χ3v) is 11.4. The second kappa shape index (κ2) is 12.5. The third-order valence-electron chi connectivity index (χ3n) is 11.1. The smallest absolute Gasteiger partial charge is 0.260 e. The van der Waals surface area contributed by atoms with Crippen molar-refractivity contribution in [1.82, 2.24) is 5.01 Å². The van der Waals surface area contributed by atoms with Gasteiger partial charge in [-0.05, 0) is 90.6 Å². The first-order valence-electron chi connectivity index (χ1n) is 16.8. The van der Waals surface area contributed by atoms with Gasteiger partial charge in [0.2, 0.25) is 17.6 Å². The standard InChI is InChI=1S/C40H33ClFN3O7/c1-51-31-18-21(19-32(52-2)35(31)46)34-27-16-17-28-33(38(49)44(36(28)47)26-6-4-3-5-7-26)29(27)20-30-37(48)45(43-25-14-12-24(42)13-15-25)39(50)40(30,34)22-8-10-23(41)11-9-22/h3-16,18-19,28-30,33-34,43,46H,17,20H2,1-2H3/t28-,29+,30-,33-,34-,40+/m0/s1. The van der Waals surface area contributed by atoms with Crippen LogP contribution in [0.5, 0.6) is 17.2 Å². The zero-order chi connectivity index (χ0) is 36.5. The van der Waals surface area contributed by atoms with Gasteiger partial charge in [-0.2, -0.15) is 5.01 Å². The van der Waals surface area contributed by atoms with Crippen LogP contribution in [0.25, 0.3) is 0 Å². The van der Waals surface area contributed by atoms with Crippen LogP contribution in [0.1, 0.15) is 29.9 Å². The van der Waals surface area contributed by atoms with Gasteiger partial charge in [0.1, 0.15) is 5.82 Å². The molecule has 3 fully saturated rings. The van der Waals surface area contributed by atoms with E-state index in [0.29, 0.717) is 33.1 Å². The van der Waals surface area contributed by atoms with Crippen LogP contribution in [-0.4, -0.2) is 48.0 Å². The number of fused-ring (bicyclic) bond motifs is 4. The number of carbonyl (C=O) groups is 4. The maximum absolute atomic E-state index is 15.3. The van der Waals surface area contributed by atoms with Crippen LogP contribution in [0.15, 0.2) is 103 Å². The fraction of sp³-hybridized carbons (Fsp3) is 0.250. The molecule has 0 bridgehead atoms. The molecule has 2 saturated heterocycles. The lowest BCUT2D eigenvalue weighted by atomic mass is 9.49. The molecule has 264 valence electrons. The maximum Gasteiger partial charge on any atom is 0.260 e. The molecule has 4 aromatic carbocycles. The van der Waals surface area contributed by atoms with E-state index < -0.39 is 52.6 Å². The predicted molar refractivity (Wildman–Crippen MR) is 189 cm³/mol. The number of benzene rings is 4. The highest BCUT2D eigenvalue weighted by molar-refractivity contribution is 6.30. The maximum atomic E-state index is 15.3. The lowest BCUT2D eigenvalue weighted by Gasteiger charge is -2.50. The molecule has 4 amide bonds. The summed E-state index contributed by atoms with van der Waals surface area (Å²) >= 11 is 6.37. The molecule has 1 saturated carbocycles. The van der Waals surface area contributed by atoms with Gasteiger partial charge in [-0.3, -0.25) is 29.5 Å². The molecule has 4 aromatic rings. The Morgan fingerprint density at radius 3 is 2.13 bits per heavy atom. The molecule has 2 heterocycles. The van der Waals surface area contributed by atoms with Crippen molar-refractivity contribution in [2.24, 2.45) is 23.7 Å². The monoisotopic (exact) mass is 721 g/mol. The summed E-state index contributed by atoms with van der Waals surface area (Å²) in [7, 11) is 2.79. The number of phenols is 1. The van der Waals surface area contributed by atoms with Crippen molar-refractivity contribution in [2.75, 3.05) is 24.5 Å². The quantitative estimate of drug-likeness (QED) is 0.166. The lowest BCUT2D eigenvalue weighted by molar-refractivity contribution is -0.138. The molecular weight excluding hydrogens is 689 g/mol. The molecule has 2 aliphatic heterocycles. The lowest BCUT2D eigenvalue weighted by Crippen LogP contribution is -2.53. The Balaban J connectivity index is 1.36. The van der Waals surface area contributed by atoms with Crippen molar-refractivity contribution in [3.8, 4) is 17.2 Å². The summed E-state index contributed by atoms with van der Waals surface area (Å²) in [6.45, 7) is 0. The second-order valence-electron chi connectivity index (χ2n) is 13.5. The number of phenolic OH excluding ortho intramolecular Hbond substituents is 1. The summed E-state index contributed by atoms with van der Waals surface area (Å²) in [4.78, 5) is 59.8. The van der Waals surface area contributed by atoms with Crippen molar-refractivity contribution in [3.63, 3.8) is 0 Å². The first kappa shape index (κ1) is 33.5. The van der Waals surface area contributed by atoms with E-state index in [-0.39, 0.29) is 41.9 Å². The van der Waals surface area contributed by atoms with Crippen molar-refractivity contribution < 1.29 is 38.1 Å². The van der Waals surface area contributed by atoms with E-state index in [0.717, 1.165) is 5.01 Å². The van der Waals surface area contributed by atoms with Crippen molar-refractivity contribution >= 4 is 46.6 Å². The average Bonchev–Trinajstić information content (AvgIpc) is 3.54. The van der Waals surface area contributed by atoms with E-state index in [2.05, 4.69) is 5.43 Å². The molecule has 0 unspecified atom stereocenters. The Kier molecular flexibility index (Phi) is 8.06. The van der Waals surface area contributed by atoms with Gasteiger partial charge in [0.05, 0.1) is 48.8 Å². The Hall–Kier alpha value is -5.68. The molecule has 2 aliphatic carbocycles. The van der Waals surface area contributed by atoms with E-state index in [1.54, 1.807) is 66.7 Å². The number of halogens is 2. The van der Waals surface area contributed by atoms with E-state index in [1.165, 1.54) is 43.4 Å². The fourth-order valence-electron chi connectivity index (χ4n) is 8.94. The number of para-hydroxylation sites is 1. The number of hydrogen-bond donors (Lipinski definition) is 2. The molecule has 0 spiro atoms. The van der Waals surface area contributed by atoms with Gasteiger partial charge in [0.25, 0.3) is 11.8 Å². The highest BCUT2D eigenvalue weighted by atomic mass is 35.5. The number of aromatic hydroxyl groups is 1. The van der Waals surface area contributed by atoms with Crippen LogP contribution in [0.4, 0.5) is 15.8 Å². The van der Waals surface area contributed by atoms with Crippen LogP contribution in [0.3, 0.4) is 0 Å². The number of ether oxygens (including phenoxy) is 2. The zero-order valence-corrected chi connectivity index (χ0v) is 28.8. The molecule has 0 aromatic heterocycles. The van der Waals surface area contributed by atoms with Crippen LogP contribution >= 0.6 is 11.6 Å². The number of imide groups is 2. The number of hydrogen-bond acceptors (Lipinski definition) is 8. The number of nitrogens with one attached hydrogen (secondary N) is 1. The largest absolute Gasteiger partial charge is 0.502 e. The average molecular weight is 722 g/mol. The Labute approximate surface area is 303 Å². The second-order valence-corrected chi connectivity index (χ2v) is 13.9. The predicted octanol–water partition coefficient (Wildman–Crippen LogP) is 6.39. The van der Waals surface area contributed by atoms with Gasteiger partial charge in [-0.1, -0.05) is 53.6 Å². The zero-order valence-electron chi connectivity index (χ0n) is 28.1. The Morgan fingerprint density at radius 2 is 1.50 bits per heavy atom. The molecule has 10 nitrogen and oxygen atoms in total. The first-order valence-corrected chi connectivity index (χ1v) is 17.2. The number of allylic oxidation sites excluding steroid dienone is 2. The fourth-order valence-corrected chi connectivity index (χ4v) is 9.07. The molecular formula is C40H33ClFN3O7. The number of carbonyl (C=O) groups excluding carboxylic acids is 4. The summed E-state index contributed by atoms with van der Waals surface area (Å²) < 4.78 is 25.0. The van der Waals surface area contributed by atoms with E-state index in [9.17, 15) is 23.9 Å². The number of rotatable bonds is 7. The SMILES string of the molecule is COc1cc([C@H]2C3=CC[C@@H]4C(=O)N(c5ccccc5)C(=O)[C@@H]4[C@@H]3C[C@H]3C(=O)N(Nc4ccc(F)cc4)C(=O)[C@@]23c2ccc(Cl)cc2)cc(OC)c1O. The van der Waals surface area contributed by atoms with Crippen LogP contribution < -0.4 is 19.8 Å². The van der Waals surface area contributed by atoms with E-state index in [4.69, 9.17) is 21.1 Å². The molecule has 4 aliphatic rings. The van der Waals surface area contributed by atoms with Gasteiger partial charge >= 0.3 is 0 Å². The summed E-state index contributed by atoms with van der Waals surface area (Å²) in [5.74, 6) is -6.44. The molecule has 0 radical (unpaired) electrons. The number of amides is 4. The molecule has 8 rings (SSSR count). The van der Waals surface area contributed by atoms with Crippen LogP contribution in [0.2, 0.25) is 5.02 Å². The van der Waals surface area contributed by atoms with Gasteiger partial charge in [0, 0.05) is 10.9 Å². The van der Waals surface area contributed by atoms with Crippen molar-refractivity contribution in [2.45, 2.75) is 24.2 Å². The highest BCUT2D eigenvalue weighted by Gasteiger charge is 2.70. The van der Waals surface area contributed by atoms with Crippen molar-refractivity contribution in [1.29, 1.82) is 0 Å². The van der Waals surface area contributed by atoms with Gasteiger partial charge in [-0.15, -0.1) is 0 Å². The Morgan fingerprint density at radius 1 is 0.846 bits per heavy atom. The van der Waals surface area contributed by atoms with E-state index >= 15 is 4.79 Å². The summed E-state index contributed by atoms with van der Waals surface area (Å²) in [5, 5.41) is 12.3. The summed E-state index contributed by atoms with van der Waals surface area (Å²) in [5.41, 5.74) is 3.80. The topological polar surface area (TPSA) is 125 Å². The normalized spacial score (nSPS) is 26.5. The summed E-state index contributed by atoms with van der Waals surface area (Å²) in [6, 6.07) is 24.0. The van der Waals surface area contributed by atoms with Crippen LogP contribution in [0, 0.1) is 29.5 Å². The molecule has 12 heteroatoms. The first-order chi connectivity index (χ1) is 25.1. The number of methoxy groups -OCH3 is 2. The van der Waals surface area contributed by atoms with Crippen molar-refractivity contribution in [3.05, 3.63) is 125 Å². The highest BCUT2D eigenvalue weighted by Crippen LogP contribution is 2.65. The van der Waals surface area contributed by atoms with Gasteiger partial charge in [-0.25, -0.2) is 4.39 Å². The van der Waals surface area contributed by atoms with Crippen LogP contribution in [-0.2, 0) is 24.6 Å². The third kappa shape index (κ3) is 4.82. The minimum Gasteiger partial charge on any atom is -0.502 e. The van der Waals surface area contributed by atoms with E-state index in [1.807, 2.05) is 6.08 Å². The summed E-state index contributed by atoms with van der Waals surface area (Å²) in [6.07, 6.45) is 2.24. The molecule has 6 atom stereocenters. The Bertz CT molecular complexity index is 2140. The molecule has 52 heavy (non-hydrogen) atoms.